The largest absolute Gasteiger partial charge is 0.398 e. The number of benzene rings is 1. The SMILES string of the molecule is CCC1(CC)CCN(S(=O)(=O)c2cc(N)c(Br)cc2F)C1. The zero-order valence-corrected chi connectivity index (χ0v) is 14.6. The lowest BCUT2D eigenvalue weighted by Crippen LogP contribution is -2.32. The van der Waals surface area contributed by atoms with Gasteiger partial charge in [0.2, 0.25) is 10.0 Å². The zero-order chi connectivity index (χ0) is 15.8. The zero-order valence-electron chi connectivity index (χ0n) is 12.2. The van der Waals surface area contributed by atoms with Crippen LogP contribution < -0.4 is 5.73 Å². The Hall–Kier alpha value is -0.660. The molecule has 4 nitrogen and oxygen atoms in total. The Kier molecular flexibility index (Phi) is 4.66. The number of nitrogens with two attached hydrogens (primary N) is 1. The van der Waals surface area contributed by atoms with E-state index < -0.39 is 15.8 Å². The van der Waals surface area contributed by atoms with E-state index in [1.54, 1.807) is 0 Å². The summed E-state index contributed by atoms with van der Waals surface area (Å²) in [6.07, 6.45) is 2.65. The Balaban J connectivity index is 2.38. The van der Waals surface area contributed by atoms with E-state index >= 15 is 0 Å². The molecule has 1 aromatic carbocycles. The molecule has 0 saturated carbocycles. The van der Waals surface area contributed by atoms with Crippen molar-refractivity contribution in [2.75, 3.05) is 18.8 Å². The van der Waals surface area contributed by atoms with Gasteiger partial charge in [0.05, 0.1) is 0 Å². The molecule has 118 valence electrons. The smallest absolute Gasteiger partial charge is 0.246 e. The fourth-order valence-electron chi connectivity index (χ4n) is 2.81. The van der Waals surface area contributed by atoms with Crippen molar-refractivity contribution in [3.05, 3.63) is 22.4 Å². The van der Waals surface area contributed by atoms with Gasteiger partial charge >= 0.3 is 0 Å². The van der Waals surface area contributed by atoms with Crippen LogP contribution in [0.1, 0.15) is 33.1 Å². The topological polar surface area (TPSA) is 63.4 Å². The Labute approximate surface area is 133 Å². The van der Waals surface area contributed by atoms with Gasteiger partial charge in [-0.25, -0.2) is 12.8 Å². The predicted octanol–water partition coefficient (Wildman–Crippen LogP) is 3.37. The molecule has 1 fully saturated rings. The van der Waals surface area contributed by atoms with Crippen LogP contribution in [0, 0.1) is 11.2 Å². The summed E-state index contributed by atoms with van der Waals surface area (Å²) in [5.41, 5.74) is 5.91. The van der Waals surface area contributed by atoms with Crippen LogP contribution in [0.4, 0.5) is 10.1 Å². The third-order valence-electron chi connectivity index (χ3n) is 4.57. The number of rotatable bonds is 4. The Morgan fingerprint density at radius 2 is 2.00 bits per heavy atom. The molecule has 2 N–H and O–H groups in total. The van der Waals surface area contributed by atoms with Crippen LogP contribution in [0.15, 0.2) is 21.5 Å². The van der Waals surface area contributed by atoms with E-state index in [4.69, 9.17) is 5.73 Å². The monoisotopic (exact) mass is 378 g/mol. The average Bonchev–Trinajstić information content (AvgIpc) is 2.88. The molecular formula is C14H20BrFN2O2S. The summed E-state index contributed by atoms with van der Waals surface area (Å²) < 4.78 is 41.1. The second-order valence-corrected chi connectivity index (χ2v) is 8.36. The lowest BCUT2D eigenvalue weighted by atomic mass is 9.82. The second-order valence-electron chi connectivity index (χ2n) is 5.60. The highest BCUT2D eigenvalue weighted by molar-refractivity contribution is 9.10. The number of hydrogen-bond donors (Lipinski definition) is 1. The van der Waals surface area contributed by atoms with E-state index in [9.17, 15) is 12.8 Å². The van der Waals surface area contributed by atoms with Crippen molar-refractivity contribution in [3.63, 3.8) is 0 Å². The standard InChI is InChI=1S/C14H20BrFN2O2S/c1-3-14(4-2)5-6-18(9-14)21(19,20)13-8-12(17)10(15)7-11(13)16/h7-8H,3-6,9,17H2,1-2H3. The molecule has 1 saturated heterocycles. The summed E-state index contributed by atoms with van der Waals surface area (Å²) >= 11 is 3.10. The molecule has 0 bridgehead atoms. The van der Waals surface area contributed by atoms with E-state index in [2.05, 4.69) is 29.8 Å². The minimum Gasteiger partial charge on any atom is -0.398 e. The van der Waals surface area contributed by atoms with Crippen LogP contribution in [0.3, 0.4) is 0 Å². The van der Waals surface area contributed by atoms with Gasteiger partial charge in [-0.1, -0.05) is 13.8 Å². The first-order valence-electron chi connectivity index (χ1n) is 7.00. The van der Waals surface area contributed by atoms with Gasteiger partial charge in [-0.15, -0.1) is 0 Å². The number of nitrogens with zero attached hydrogens (tertiary/aromatic N) is 1. The summed E-state index contributed by atoms with van der Waals surface area (Å²) in [4.78, 5) is -0.341. The highest BCUT2D eigenvalue weighted by atomic mass is 79.9. The summed E-state index contributed by atoms with van der Waals surface area (Å²) in [5.74, 6) is -0.776. The third kappa shape index (κ3) is 2.96. The van der Waals surface area contributed by atoms with Crippen molar-refractivity contribution in [3.8, 4) is 0 Å². The molecule has 1 aliphatic rings. The van der Waals surface area contributed by atoms with Gasteiger partial charge in [-0.2, -0.15) is 4.31 Å². The number of hydrogen-bond acceptors (Lipinski definition) is 3. The summed E-state index contributed by atoms with van der Waals surface area (Å²) in [6.45, 7) is 5.01. The molecule has 7 heteroatoms. The number of sulfonamides is 1. The molecule has 0 atom stereocenters. The minimum atomic E-state index is -3.84. The first-order chi connectivity index (χ1) is 9.75. The molecule has 2 rings (SSSR count). The average molecular weight is 379 g/mol. The maximum absolute atomic E-state index is 14.0. The van der Waals surface area contributed by atoms with Crippen molar-refractivity contribution < 1.29 is 12.8 Å². The molecule has 0 unspecified atom stereocenters. The molecular weight excluding hydrogens is 359 g/mol. The van der Waals surface area contributed by atoms with Gasteiger partial charge in [0.1, 0.15) is 10.7 Å². The van der Waals surface area contributed by atoms with Gasteiger partial charge in [-0.05, 0) is 52.7 Å². The highest BCUT2D eigenvalue weighted by Crippen LogP contribution is 2.40. The third-order valence-corrected chi connectivity index (χ3v) is 7.12. The molecule has 0 amide bonds. The van der Waals surface area contributed by atoms with E-state index in [0.717, 1.165) is 25.3 Å². The van der Waals surface area contributed by atoms with Crippen LogP contribution in [0.5, 0.6) is 0 Å². The van der Waals surface area contributed by atoms with Crippen LogP contribution in [0.2, 0.25) is 0 Å². The van der Waals surface area contributed by atoms with Gasteiger partial charge < -0.3 is 5.73 Å². The van der Waals surface area contributed by atoms with E-state index in [1.807, 2.05) is 0 Å². The minimum absolute atomic E-state index is 0.00442. The Bertz CT molecular complexity index is 645. The number of halogens is 2. The van der Waals surface area contributed by atoms with Crippen molar-refractivity contribution in [2.45, 2.75) is 38.0 Å². The van der Waals surface area contributed by atoms with Crippen LogP contribution >= 0.6 is 15.9 Å². The fourth-order valence-corrected chi connectivity index (χ4v) is 4.76. The Morgan fingerprint density at radius 1 is 1.38 bits per heavy atom. The summed E-state index contributed by atoms with van der Waals surface area (Å²) in [7, 11) is -3.84. The second kappa shape index (κ2) is 5.85. The van der Waals surface area contributed by atoms with Crippen molar-refractivity contribution in [1.82, 2.24) is 4.31 Å². The summed E-state index contributed by atoms with van der Waals surface area (Å²) in [5, 5.41) is 0. The molecule has 1 aromatic rings. The van der Waals surface area contributed by atoms with Gasteiger partial charge in [0.25, 0.3) is 0 Å². The molecule has 0 spiro atoms. The quantitative estimate of drug-likeness (QED) is 0.816. The maximum atomic E-state index is 14.0. The first-order valence-corrected chi connectivity index (χ1v) is 9.24. The van der Waals surface area contributed by atoms with Gasteiger partial charge in [0.15, 0.2) is 0 Å². The number of anilines is 1. The van der Waals surface area contributed by atoms with Crippen LogP contribution in [-0.2, 0) is 10.0 Å². The lowest BCUT2D eigenvalue weighted by molar-refractivity contribution is 0.279. The molecule has 1 aliphatic heterocycles. The van der Waals surface area contributed by atoms with E-state index in [-0.39, 0.29) is 16.0 Å². The Morgan fingerprint density at radius 3 is 2.52 bits per heavy atom. The first kappa shape index (κ1) is 16.7. The molecule has 0 aliphatic carbocycles. The van der Waals surface area contributed by atoms with Crippen LogP contribution in [0.25, 0.3) is 0 Å². The lowest BCUT2D eigenvalue weighted by Gasteiger charge is -2.26. The van der Waals surface area contributed by atoms with E-state index in [1.165, 1.54) is 10.4 Å². The highest BCUT2D eigenvalue weighted by Gasteiger charge is 2.41. The molecule has 0 radical (unpaired) electrons. The molecule has 1 heterocycles. The van der Waals surface area contributed by atoms with E-state index in [0.29, 0.717) is 17.6 Å². The normalized spacial score (nSPS) is 19.0. The van der Waals surface area contributed by atoms with Crippen molar-refractivity contribution >= 4 is 31.6 Å². The molecule has 0 aromatic heterocycles. The van der Waals surface area contributed by atoms with Crippen molar-refractivity contribution in [2.24, 2.45) is 5.41 Å². The van der Waals surface area contributed by atoms with Crippen LogP contribution in [-0.4, -0.2) is 25.8 Å². The van der Waals surface area contributed by atoms with Gasteiger partial charge in [0, 0.05) is 23.2 Å². The maximum Gasteiger partial charge on any atom is 0.246 e. The number of nitrogen functional groups attached to an aromatic ring is 1. The van der Waals surface area contributed by atoms with Gasteiger partial charge in [-0.3, -0.25) is 0 Å². The predicted molar refractivity (Wildman–Crippen MR) is 84.9 cm³/mol. The molecule has 21 heavy (non-hydrogen) atoms. The summed E-state index contributed by atoms with van der Waals surface area (Å²) in [6, 6.07) is 2.29. The van der Waals surface area contributed by atoms with Crippen molar-refractivity contribution in [1.29, 1.82) is 0 Å². The fraction of sp³-hybridized carbons (Fsp3) is 0.571.